The van der Waals surface area contributed by atoms with Gasteiger partial charge in [-0.3, -0.25) is 9.59 Å². The van der Waals surface area contributed by atoms with Gasteiger partial charge in [-0.25, -0.2) is 0 Å². The summed E-state index contributed by atoms with van der Waals surface area (Å²) in [5.74, 6) is 1.63. The van der Waals surface area contributed by atoms with Crippen molar-refractivity contribution in [1.29, 1.82) is 5.26 Å². The summed E-state index contributed by atoms with van der Waals surface area (Å²) in [5.41, 5.74) is 8.66. The summed E-state index contributed by atoms with van der Waals surface area (Å²) in [6.07, 6.45) is 6.68. The minimum Gasteiger partial charge on any atom is -0.481 e. The molecule has 1 atom stereocenters. The second kappa shape index (κ2) is 17.4. The number of carboxylic acid groups (broad SMARTS) is 2. The van der Waals surface area contributed by atoms with Gasteiger partial charge in [-0.05, 0) is 146 Å². The molecule has 5 aromatic carbocycles. The lowest BCUT2D eigenvalue weighted by Gasteiger charge is -2.25. The fraction of sp³-hybridized carbons (Fsp3) is 0.267. The number of aryl methyl sites for hydroxylation is 4. The molecule has 0 saturated carbocycles. The molecule has 0 heterocycles. The Bertz CT molecular complexity index is 2160. The number of nitriles is 1. The standard InChI is InChI=1S/C23H19NO3.C22H26O3/c24-14-17-8-11-22(21-7-2-1-6-20(17)21)27-18-9-10-19-15(12-18)4-3-5-16(19)13-23(25)26;1-5-15(3)19-8-11-21(16(4)13-19)25-20-10-7-18(9-12-22(23)24)17(6-2)14-20/h1-2,6-12,16H,3-5,13H2,(H,25,26);5,7-8,10-11,13-14H,6,9,12H2,1-4H3,(H,23,24)/b;15-5-. The summed E-state index contributed by atoms with van der Waals surface area (Å²) < 4.78 is 12.2. The molecule has 266 valence electrons. The van der Waals surface area contributed by atoms with Gasteiger partial charge in [-0.2, -0.15) is 5.26 Å². The van der Waals surface area contributed by atoms with E-state index in [9.17, 15) is 14.9 Å². The van der Waals surface area contributed by atoms with Crippen LogP contribution in [0.3, 0.4) is 0 Å². The Labute approximate surface area is 305 Å². The molecule has 1 unspecified atom stereocenters. The van der Waals surface area contributed by atoms with Gasteiger partial charge < -0.3 is 19.7 Å². The number of nitrogens with zero attached hydrogens (tertiary/aromatic N) is 1. The fourth-order valence-electron chi connectivity index (χ4n) is 6.75. The van der Waals surface area contributed by atoms with Crippen molar-refractivity contribution in [3.05, 3.63) is 136 Å². The van der Waals surface area contributed by atoms with E-state index in [1.165, 1.54) is 16.7 Å². The highest BCUT2D eigenvalue weighted by atomic mass is 16.5. The molecule has 0 spiro atoms. The summed E-state index contributed by atoms with van der Waals surface area (Å²) in [6, 6.07) is 31.6. The molecule has 5 aromatic rings. The second-order valence-electron chi connectivity index (χ2n) is 13.2. The van der Waals surface area contributed by atoms with Crippen LogP contribution in [0.15, 0.2) is 97.1 Å². The molecule has 2 N–H and O–H groups in total. The molecule has 6 rings (SSSR count). The van der Waals surface area contributed by atoms with Crippen LogP contribution in [0, 0.1) is 18.3 Å². The number of rotatable bonds is 11. The summed E-state index contributed by atoms with van der Waals surface area (Å²) >= 11 is 0. The molecule has 0 aliphatic heterocycles. The molecule has 7 nitrogen and oxygen atoms in total. The highest BCUT2D eigenvalue weighted by Crippen LogP contribution is 2.38. The van der Waals surface area contributed by atoms with Crippen molar-refractivity contribution in [1.82, 2.24) is 0 Å². The first kappa shape index (κ1) is 37.4. The highest BCUT2D eigenvalue weighted by molar-refractivity contribution is 5.93. The third-order valence-corrected chi connectivity index (χ3v) is 9.66. The molecule has 0 amide bonds. The number of hydrogen-bond donors (Lipinski definition) is 2. The lowest BCUT2D eigenvalue weighted by atomic mass is 9.81. The van der Waals surface area contributed by atoms with Crippen molar-refractivity contribution in [2.75, 3.05) is 0 Å². The predicted octanol–water partition coefficient (Wildman–Crippen LogP) is 11.2. The van der Waals surface area contributed by atoms with Gasteiger partial charge in [0.15, 0.2) is 0 Å². The summed E-state index contributed by atoms with van der Waals surface area (Å²) in [6.45, 7) is 8.25. The van der Waals surface area contributed by atoms with Gasteiger partial charge in [0.05, 0.1) is 18.1 Å². The average molecular weight is 696 g/mol. The van der Waals surface area contributed by atoms with E-state index in [2.05, 4.69) is 38.1 Å². The van der Waals surface area contributed by atoms with Crippen LogP contribution in [-0.4, -0.2) is 22.2 Å². The number of allylic oxidation sites excluding steroid dienone is 2. The third-order valence-electron chi connectivity index (χ3n) is 9.66. The second-order valence-corrected chi connectivity index (χ2v) is 13.2. The number of fused-ring (bicyclic) bond motifs is 2. The van der Waals surface area contributed by atoms with Gasteiger partial charge in [-0.1, -0.05) is 55.5 Å². The monoisotopic (exact) mass is 695 g/mol. The quantitative estimate of drug-likeness (QED) is 0.141. The number of carbonyl (C=O) groups is 2. The van der Waals surface area contributed by atoms with E-state index in [0.29, 0.717) is 17.7 Å². The van der Waals surface area contributed by atoms with Crippen LogP contribution in [-0.2, 0) is 28.9 Å². The van der Waals surface area contributed by atoms with Crippen LogP contribution >= 0.6 is 0 Å². The first-order chi connectivity index (χ1) is 25.1. The van der Waals surface area contributed by atoms with E-state index in [-0.39, 0.29) is 18.8 Å². The van der Waals surface area contributed by atoms with Crippen LogP contribution in [0.1, 0.15) is 91.3 Å². The van der Waals surface area contributed by atoms with E-state index in [1.807, 2.05) is 86.6 Å². The third kappa shape index (κ3) is 9.26. The van der Waals surface area contributed by atoms with Crippen molar-refractivity contribution in [3.8, 4) is 29.1 Å². The first-order valence-corrected chi connectivity index (χ1v) is 17.8. The van der Waals surface area contributed by atoms with Crippen molar-refractivity contribution in [3.63, 3.8) is 0 Å². The fourth-order valence-corrected chi connectivity index (χ4v) is 6.75. The Morgan fingerprint density at radius 3 is 2.27 bits per heavy atom. The molecule has 1 aliphatic carbocycles. The Morgan fingerprint density at radius 2 is 1.58 bits per heavy atom. The average Bonchev–Trinajstić information content (AvgIpc) is 3.15. The van der Waals surface area contributed by atoms with Crippen molar-refractivity contribution >= 4 is 28.3 Å². The number of carboxylic acids is 2. The number of hydrogen-bond acceptors (Lipinski definition) is 5. The van der Waals surface area contributed by atoms with Gasteiger partial charge >= 0.3 is 11.9 Å². The lowest BCUT2D eigenvalue weighted by Crippen LogP contribution is -2.13. The molecule has 0 fully saturated rings. The molecule has 0 saturated heterocycles. The molecule has 0 bridgehead atoms. The minimum atomic E-state index is -0.769. The summed E-state index contributed by atoms with van der Waals surface area (Å²) in [4.78, 5) is 21.9. The summed E-state index contributed by atoms with van der Waals surface area (Å²) in [7, 11) is 0. The van der Waals surface area contributed by atoms with Gasteiger partial charge in [0.2, 0.25) is 0 Å². The van der Waals surface area contributed by atoms with Gasteiger partial charge in [0.1, 0.15) is 23.0 Å². The Morgan fingerprint density at radius 1 is 0.865 bits per heavy atom. The van der Waals surface area contributed by atoms with E-state index in [1.54, 1.807) is 6.07 Å². The smallest absolute Gasteiger partial charge is 0.303 e. The van der Waals surface area contributed by atoms with E-state index in [4.69, 9.17) is 19.7 Å². The van der Waals surface area contributed by atoms with Crippen LogP contribution in [0.25, 0.3) is 16.3 Å². The van der Waals surface area contributed by atoms with Gasteiger partial charge in [-0.15, -0.1) is 0 Å². The normalized spacial score (nSPS) is 13.7. The van der Waals surface area contributed by atoms with E-state index < -0.39 is 11.9 Å². The maximum Gasteiger partial charge on any atom is 0.303 e. The molecule has 0 aromatic heterocycles. The van der Waals surface area contributed by atoms with Crippen LogP contribution in [0.2, 0.25) is 0 Å². The number of ether oxygens (including phenoxy) is 2. The summed E-state index contributed by atoms with van der Waals surface area (Å²) in [5, 5.41) is 29.1. The largest absolute Gasteiger partial charge is 0.481 e. The molecular formula is C45H45NO6. The predicted molar refractivity (Wildman–Crippen MR) is 205 cm³/mol. The minimum absolute atomic E-state index is 0.0797. The maximum atomic E-state index is 11.1. The topological polar surface area (TPSA) is 117 Å². The van der Waals surface area contributed by atoms with Gasteiger partial charge in [0.25, 0.3) is 0 Å². The SMILES string of the molecule is C/C=C(/C)c1ccc(Oc2ccc(CCC(=O)O)c(CC)c2)c(C)c1.N#Cc1ccc(Oc2ccc3c(c2)CCCC3CC(=O)O)c2ccccc12. The molecular weight excluding hydrogens is 650 g/mol. The molecule has 52 heavy (non-hydrogen) atoms. The van der Waals surface area contributed by atoms with Crippen molar-refractivity contribution in [2.24, 2.45) is 0 Å². The molecule has 0 radical (unpaired) electrons. The van der Waals surface area contributed by atoms with Gasteiger partial charge in [0, 0.05) is 17.2 Å². The lowest BCUT2D eigenvalue weighted by molar-refractivity contribution is -0.138. The van der Waals surface area contributed by atoms with Crippen LogP contribution < -0.4 is 9.47 Å². The van der Waals surface area contributed by atoms with Crippen LogP contribution in [0.5, 0.6) is 23.0 Å². The Hall–Kier alpha value is -5.87. The Kier molecular flexibility index (Phi) is 12.5. The zero-order chi connectivity index (χ0) is 37.2. The van der Waals surface area contributed by atoms with Crippen molar-refractivity contribution in [2.45, 2.75) is 78.6 Å². The maximum absolute atomic E-state index is 11.1. The number of aliphatic carboxylic acids is 2. The highest BCUT2D eigenvalue weighted by Gasteiger charge is 2.23. The Balaban J connectivity index is 0.000000202. The van der Waals surface area contributed by atoms with E-state index in [0.717, 1.165) is 76.0 Å². The number of benzene rings is 5. The first-order valence-electron chi connectivity index (χ1n) is 17.8. The van der Waals surface area contributed by atoms with E-state index >= 15 is 0 Å². The molecule has 1 aliphatic rings. The van der Waals surface area contributed by atoms with Crippen molar-refractivity contribution < 1.29 is 29.3 Å². The zero-order valence-corrected chi connectivity index (χ0v) is 30.2. The molecule has 7 heteroatoms. The van der Waals surface area contributed by atoms with Crippen LogP contribution in [0.4, 0.5) is 0 Å². The zero-order valence-electron chi connectivity index (χ0n) is 30.2.